The fourth-order valence-electron chi connectivity index (χ4n) is 0.804. The molecule has 0 aliphatic carbocycles. The van der Waals surface area contributed by atoms with E-state index in [2.05, 4.69) is 16.6 Å². The van der Waals surface area contributed by atoms with E-state index in [1.165, 1.54) is 18.4 Å². The van der Waals surface area contributed by atoms with Gasteiger partial charge < -0.3 is 9.53 Å². The predicted octanol–water partition coefficient (Wildman–Crippen LogP) is 1.48. The predicted molar refractivity (Wildman–Crippen MR) is 53.2 cm³/mol. The quantitative estimate of drug-likeness (QED) is 0.420. The van der Waals surface area contributed by atoms with Gasteiger partial charge in [-0.05, 0) is 6.07 Å². The highest BCUT2D eigenvalue weighted by atomic mass is 32.1. The molecule has 4 heteroatoms. The molecule has 0 saturated carbocycles. The zero-order valence-corrected chi connectivity index (χ0v) is 8.39. The highest BCUT2D eigenvalue weighted by molar-refractivity contribution is 7.12. The van der Waals surface area contributed by atoms with E-state index in [0.717, 1.165) is 11.8 Å². The van der Waals surface area contributed by atoms with Crippen LogP contribution in [0.3, 0.4) is 0 Å². The second-order valence-corrected chi connectivity index (χ2v) is 3.28. The molecule has 0 aromatic carbocycles. The third kappa shape index (κ3) is 2.71. The monoisotopic (exact) mass is 208 g/mol. The third-order valence-corrected chi connectivity index (χ3v) is 2.31. The lowest BCUT2D eigenvalue weighted by Gasteiger charge is -1.90. The molecule has 1 aromatic rings. The maximum absolute atomic E-state index is 11.0. The largest absolute Gasteiger partial charge is 0.465 e. The van der Waals surface area contributed by atoms with Crippen molar-refractivity contribution in [3.63, 3.8) is 0 Å². The van der Waals surface area contributed by atoms with Crippen LogP contribution in [0.25, 0.3) is 0 Å². The van der Waals surface area contributed by atoms with Gasteiger partial charge in [-0.15, -0.1) is 11.3 Å². The molecule has 14 heavy (non-hydrogen) atoms. The Bertz CT molecular complexity index is 395. The molecule has 72 valence electrons. The summed E-state index contributed by atoms with van der Waals surface area (Å²) >= 11 is 1.27. The summed E-state index contributed by atoms with van der Waals surface area (Å²) in [4.78, 5) is 21.5. The van der Waals surface area contributed by atoms with Gasteiger partial charge in [0.1, 0.15) is 11.2 Å². The maximum Gasteiger partial charge on any atom is 0.348 e. The second-order valence-electron chi connectivity index (χ2n) is 2.36. The highest BCUT2D eigenvalue weighted by Gasteiger charge is 2.07. The van der Waals surface area contributed by atoms with Gasteiger partial charge in [0.15, 0.2) is 0 Å². The van der Waals surface area contributed by atoms with E-state index in [1.807, 2.05) is 0 Å². The van der Waals surface area contributed by atoms with Gasteiger partial charge in [0, 0.05) is 10.9 Å². The molecule has 3 nitrogen and oxygen atoms in total. The Hall–Kier alpha value is -1.60. The molecule has 0 unspecified atom stereocenters. The van der Waals surface area contributed by atoms with Crippen LogP contribution in [-0.2, 0) is 9.53 Å². The first-order valence-corrected chi connectivity index (χ1v) is 4.75. The molecule has 0 atom stereocenters. The number of carbonyl (C=O) groups is 2. The fraction of sp³-hybridized carbons (Fsp3) is 0.200. The first-order valence-electron chi connectivity index (χ1n) is 3.87. The smallest absolute Gasteiger partial charge is 0.348 e. The minimum absolute atomic E-state index is 0.212. The maximum atomic E-state index is 11.0. The molecule has 0 aliphatic heterocycles. The zero-order chi connectivity index (χ0) is 10.4. The Morgan fingerprint density at radius 2 is 2.50 bits per heavy atom. The van der Waals surface area contributed by atoms with Gasteiger partial charge in [0.2, 0.25) is 0 Å². The van der Waals surface area contributed by atoms with E-state index in [1.54, 1.807) is 11.4 Å². The molecular formula is C10H8O3S. The lowest BCUT2D eigenvalue weighted by Crippen LogP contribution is -1.96. The zero-order valence-electron chi connectivity index (χ0n) is 7.57. The summed E-state index contributed by atoms with van der Waals surface area (Å²) in [5, 5.41) is 1.75. The first-order chi connectivity index (χ1) is 6.77. The van der Waals surface area contributed by atoms with Crippen LogP contribution in [0.15, 0.2) is 11.4 Å². The molecule has 0 fully saturated rings. The van der Waals surface area contributed by atoms with Crippen LogP contribution in [0, 0.1) is 11.8 Å². The van der Waals surface area contributed by atoms with Gasteiger partial charge in [0.05, 0.1) is 13.5 Å². The minimum Gasteiger partial charge on any atom is -0.465 e. The molecule has 0 N–H and O–H groups in total. The van der Waals surface area contributed by atoms with Gasteiger partial charge in [-0.25, -0.2) is 4.79 Å². The van der Waals surface area contributed by atoms with Crippen LogP contribution in [0.4, 0.5) is 0 Å². The van der Waals surface area contributed by atoms with Crippen LogP contribution < -0.4 is 0 Å². The molecule has 1 heterocycles. The van der Waals surface area contributed by atoms with Crippen LogP contribution in [0.1, 0.15) is 21.7 Å². The summed E-state index contributed by atoms with van der Waals surface area (Å²) in [7, 11) is 1.33. The minimum atomic E-state index is -0.363. The van der Waals surface area contributed by atoms with E-state index >= 15 is 0 Å². The van der Waals surface area contributed by atoms with Crippen molar-refractivity contribution in [2.45, 2.75) is 6.42 Å². The fourth-order valence-corrected chi connectivity index (χ4v) is 1.56. The Morgan fingerprint density at radius 1 is 1.71 bits per heavy atom. The van der Waals surface area contributed by atoms with Crippen molar-refractivity contribution >= 4 is 23.6 Å². The highest BCUT2D eigenvalue weighted by Crippen LogP contribution is 2.14. The van der Waals surface area contributed by atoms with Gasteiger partial charge in [-0.3, -0.25) is 0 Å². The number of ether oxygens (including phenoxy) is 1. The van der Waals surface area contributed by atoms with Crippen molar-refractivity contribution in [1.29, 1.82) is 0 Å². The van der Waals surface area contributed by atoms with Crippen LogP contribution in [-0.4, -0.2) is 19.4 Å². The molecule has 0 amide bonds. The summed E-state index contributed by atoms with van der Waals surface area (Å²) in [5.41, 5.74) is 0.734. The molecule has 0 spiro atoms. The summed E-state index contributed by atoms with van der Waals surface area (Å²) in [6, 6.07) is 1.65. The van der Waals surface area contributed by atoms with Gasteiger partial charge in [-0.2, -0.15) is 0 Å². The van der Waals surface area contributed by atoms with Crippen molar-refractivity contribution in [2.75, 3.05) is 7.11 Å². The van der Waals surface area contributed by atoms with Crippen LogP contribution >= 0.6 is 11.3 Å². The first kappa shape index (κ1) is 10.5. The Kier molecular flexibility index (Phi) is 3.89. The second kappa shape index (κ2) is 5.20. The van der Waals surface area contributed by atoms with Crippen LogP contribution in [0.2, 0.25) is 0 Å². The summed E-state index contributed by atoms with van der Waals surface area (Å²) < 4.78 is 4.54. The van der Waals surface area contributed by atoms with Gasteiger partial charge in [-0.1, -0.05) is 11.8 Å². The van der Waals surface area contributed by atoms with Gasteiger partial charge in [0.25, 0.3) is 0 Å². The van der Waals surface area contributed by atoms with E-state index in [9.17, 15) is 9.59 Å². The normalized spacial score (nSPS) is 8.64. The van der Waals surface area contributed by atoms with Crippen molar-refractivity contribution in [1.82, 2.24) is 0 Å². The molecule has 0 radical (unpaired) electrons. The number of methoxy groups -OCH3 is 1. The number of hydrogen-bond acceptors (Lipinski definition) is 4. The molecule has 1 aromatic heterocycles. The number of carbonyl (C=O) groups excluding carboxylic acids is 2. The lowest BCUT2D eigenvalue weighted by molar-refractivity contribution is -0.107. The van der Waals surface area contributed by atoms with E-state index in [4.69, 9.17) is 0 Å². The molecule has 0 saturated heterocycles. The van der Waals surface area contributed by atoms with Crippen LogP contribution in [0.5, 0.6) is 0 Å². The molecule has 0 aliphatic rings. The summed E-state index contributed by atoms with van der Waals surface area (Å²) in [6.07, 6.45) is 0.948. The average molecular weight is 208 g/mol. The van der Waals surface area contributed by atoms with Crippen molar-refractivity contribution in [2.24, 2.45) is 0 Å². The van der Waals surface area contributed by atoms with Crippen molar-refractivity contribution in [3.8, 4) is 11.8 Å². The van der Waals surface area contributed by atoms with E-state index in [-0.39, 0.29) is 12.4 Å². The average Bonchev–Trinajstić information content (AvgIpc) is 2.66. The topological polar surface area (TPSA) is 43.4 Å². The standard InChI is InChI=1S/C10H8O3S/c1-13-10(12)9-6-8(7-14-9)4-2-3-5-11/h5-7H,3H2,1H3. The van der Waals surface area contributed by atoms with E-state index < -0.39 is 0 Å². The third-order valence-electron chi connectivity index (χ3n) is 1.40. The van der Waals surface area contributed by atoms with Gasteiger partial charge >= 0.3 is 5.97 Å². The number of hydrogen-bond donors (Lipinski definition) is 0. The number of rotatable bonds is 2. The SMILES string of the molecule is COC(=O)c1cc(C#CCC=O)cs1. The Balaban J connectivity index is 2.74. The number of aldehydes is 1. The lowest BCUT2D eigenvalue weighted by atomic mass is 10.3. The molecular weight excluding hydrogens is 200 g/mol. The van der Waals surface area contributed by atoms with Crippen molar-refractivity contribution in [3.05, 3.63) is 21.9 Å². The Morgan fingerprint density at radius 3 is 3.14 bits per heavy atom. The summed E-state index contributed by atoms with van der Waals surface area (Å²) in [6.45, 7) is 0. The van der Waals surface area contributed by atoms with Crippen molar-refractivity contribution < 1.29 is 14.3 Å². The number of thiophene rings is 1. The Labute approximate surface area is 85.7 Å². The van der Waals surface area contributed by atoms with E-state index in [0.29, 0.717) is 4.88 Å². The number of esters is 1. The molecule has 1 rings (SSSR count). The summed E-state index contributed by atoms with van der Waals surface area (Å²) in [5.74, 6) is 5.06. The molecule has 0 bridgehead atoms.